The second-order valence-electron chi connectivity index (χ2n) is 6.33. The number of amides is 2. The predicted octanol–water partition coefficient (Wildman–Crippen LogP) is 2.15. The van der Waals surface area contributed by atoms with Gasteiger partial charge in [0.25, 0.3) is 0 Å². The van der Waals surface area contributed by atoms with Crippen molar-refractivity contribution in [3.05, 3.63) is 18.3 Å². The van der Waals surface area contributed by atoms with Gasteiger partial charge >= 0.3 is 6.03 Å². The molecule has 2 aliphatic heterocycles. The molecule has 2 fully saturated rings. The molecule has 1 aromatic heterocycles. The molecular formula is C15H22N4O2. The average Bonchev–Trinajstić information content (AvgIpc) is 2.46. The van der Waals surface area contributed by atoms with Gasteiger partial charge in [-0.1, -0.05) is 13.8 Å². The van der Waals surface area contributed by atoms with E-state index in [1.807, 2.05) is 4.90 Å². The Bertz CT molecular complexity index is 500. The molecule has 6 heteroatoms. The second-order valence-corrected chi connectivity index (χ2v) is 6.33. The van der Waals surface area contributed by atoms with Crippen LogP contribution in [-0.4, -0.2) is 46.9 Å². The minimum absolute atomic E-state index is 0.0775. The fourth-order valence-corrected chi connectivity index (χ4v) is 3.80. The maximum atomic E-state index is 12.5. The number of likely N-dealkylation sites (tertiary alicyclic amines) is 1. The lowest BCUT2D eigenvalue weighted by Crippen LogP contribution is -2.70. The first-order valence-corrected chi connectivity index (χ1v) is 7.55. The van der Waals surface area contributed by atoms with Gasteiger partial charge in [-0.25, -0.2) is 4.79 Å². The van der Waals surface area contributed by atoms with E-state index in [-0.39, 0.29) is 17.5 Å². The molecule has 21 heavy (non-hydrogen) atoms. The smallest absolute Gasteiger partial charge is 0.323 e. The molecule has 1 spiro atoms. The molecule has 3 rings (SSSR count). The third kappa shape index (κ3) is 2.60. The Balaban J connectivity index is 1.69. The van der Waals surface area contributed by atoms with Crippen molar-refractivity contribution < 1.29 is 9.53 Å². The van der Waals surface area contributed by atoms with Gasteiger partial charge in [-0.05, 0) is 30.9 Å². The summed E-state index contributed by atoms with van der Waals surface area (Å²) in [7, 11) is 0. The maximum Gasteiger partial charge on any atom is 0.323 e. The van der Waals surface area contributed by atoms with Crippen LogP contribution in [0.5, 0.6) is 0 Å². The Morgan fingerprint density at radius 3 is 2.86 bits per heavy atom. The third-order valence-corrected chi connectivity index (χ3v) is 4.64. The quantitative estimate of drug-likeness (QED) is 0.906. The number of urea groups is 1. The number of anilines is 1. The number of rotatable bonds is 2. The molecule has 114 valence electrons. The lowest BCUT2D eigenvalue weighted by molar-refractivity contribution is -0.122. The first-order valence-electron chi connectivity index (χ1n) is 7.55. The summed E-state index contributed by atoms with van der Waals surface area (Å²) >= 11 is 0. The van der Waals surface area contributed by atoms with Crippen molar-refractivity contribution in [1.29, 1.82) is 0 Å². The molecule has 1 unspecified atom stereocenters. The molecule has 1 aromatic rings. The van der Waals surface area contributed by atoms with E-state index in [9.17, 15) is 4.79 Å². The molecule has 2 saturated heterocycles. The predicted molar refractivity (Wildman–Crippen MR) is 78.9 cm³/mol. The SMILES string of the molecule is CC(C)C1N(C(=O)Nc2cccnn2)CC12CCOCC2. The normalized spacial score (nSPS) is 24.0. The highest BCUT2D eigenvalue weighted by molar-refractivity contribution is 5.89. The van der Waals surface area contributed by atoms with Gasteiger partial charge in [0.15, 0.2) is 5.82 Å². The molecule has 0 saturated carbocycles. The number of hydrogen-bond donors (Lipinski definition) is 1. The molecule has 1 atom stereocenters. The summed E-state index contributed by atoms with van der Waals surface area (Å²) in [5, 5.41) is 10.5. The lowest BCUT2D eigenvalue weighted by Gasteiger charge is -2.60. The van der Waals surface area contributed by atoms with E-state index in [4.69, 9.17) is 4.74 Å². The van der Waals surface area contributed by atoms with Crippen LogP contribution in [0.1, 0.15) is 26.7 Å². The molecule has 6 nitrogen and oxygen atoms in total. The largest absolute Gasteiger partial charge is 0.381 e. The van der Waals surface area contributed by atoms with Gasteiger partial charge in [0.2, 0.25) is 0 Å². The first kappa shape index (κ1) is 14.3. The third-order valence-electron chi connectivity index (χ3n) is 4.64. The van der Waals surface area contributed by atoms with Crippen LogP contribution in [0.2, 0.25) is 0 Å². The van der Waals surface area contributed by atoms with Crippen LogP contribution in [0, 0.1) is 11.3 Å². The zero-order valence-electron chi connectivity index (χ0n) is 12.6. The molecule has 2 amide bonds. The molecule has 0 aliphatic carbocycles. The van der Waals surface area contributed by atoms with E-state index >= 15 is 0 Å². The summed E-state index contributed by atoms with van der Waals surface area (Å²) < 4.78 is 5.48. The highest BCUT2D eigenvalue weighted by Gasteiger charge is 2.55. The van der Waals surface area contributed by atoms with Crippen molar-refractivity contribution in [3.8, 4) is 0 Å². The van der Waals surface area contributed by atoms with Crippen molar-refractivity contribution in [2.75, 3.05) is 25.1 Å². The standard InChI is InChI=1S/C15H22N4O2/c1-11(2)13-15(5-8-21-9-6-15)10-19(13)14(20)17-12-4-3-7-16-18-12/h3-4,7,11,13H,5-6,8-10H2,1-2H3,(H,17,18,20). The van der Waals surface area contributed by atoms with Crippen molar-refractivity contribution in [3.63, 3.8) is 0 Å². The van der Waals surface area contributed by atoms with E-state index in [1.165, 1.54) is 0 Å². The first-order chi connectivity index (χ1) is 10.1. The zero-order valence-corrected chi connectivity index (χ0v) is 12.6. The number of nitrogens with zero attached hydrogens (tertiary/aromatic N) is 3. The van der Waals surface area contributed by atoms with E-state index in [0.29, 0.717) is 11.7 Å². The van der Waals surface area contributed by atoms with Crippen molar-refractivity contribution >= 4 is 11.8 Å². The summed E-state index contributed by atoms with van der Waals surface area (Å²) in [6.07, 6.45) is 3.68. The fourth-order valence-electron chi connectivity index (χ4n) is 3.80. The minimum Gasteiger partial charge on any atom is -0.381 e. The van der Waals surface area contributed by atoms with Gasteiger partial charge in [-0.15, -0.1) is 5.10 Å². The molecule has 3 heterocycles. The highest BCUT2D eigenvalue weighted by atomic mass is 16.5. The Kier molecular flexibility index (Phi) is 3.80. The van der Waals surface area contributed by atoms with Crippen molar-refractivity contribution in [2.45, 2.75) is 32.7 Å². The Morgan fingerprint density at radius 1 is 1.48 bits per heavy atom. The molecule has 0 aromatic carbocycles. The average molecular weight is 290 g/mol. The monoisotopic (exact) mass is 290 g/mol. The van der Waals surface area contributed by atoms with Crippen LogP contribution < -0.4 is 5.32 Å². The molecular weight excluding hydrogens is 268 g/mol. The van der Waals surface area contributed by atoms with Crippen LogP contribution in [0.15, 0.2) is 18.3 Å². The van der Waals surface area contributed by atoms with Gasteiger partial charge < -0.3 is 9.64 Å². The number of aromatic nitrogens is 2. The lowest BCUT2D eigenvalue weighted by atomic mass is 9.63. The highest BCUT2D eigenvalue weighted by Crippen LogP contribution is 2.48. The summed E-state index contributed by atoms with van der Waals surface area (Å²) in [5.74, 6) is 0.933. The van der Waals surface area contributed by atoms with Gasteiger partial charge in [0.05, 0.1) is 0 Å². The van der Waals surface area contributed by atoms with Crippen LogP contribution in [0.3, 0.4) is 0 Å². The summed E-state index contributed by atoms with van der Waals surface area (Å²) in [4.78, 5) is 14.4. The summed E-state index contributed by atoms with van der Waals surface area (Å²) in [6.45, 7) is 6.80. The topological polar surface area (TPSA) is 67.4 Å². The number of carbonyl (C=O) groups excluding carboxylic acids is 1. The van der Waals surface area contributed by atoms with E-state index in [2.05, 4.69) is 29.4 Å². The fraction of sp³-hybridized carbons (Fsp3) is 0.667. The minimum atomic E-state index is -0.0775. The molecule has 1 N–H and O–H groups in total. The summed E-state index contributed by atoms with van der Waals surface area (Å²) in [5.41, 5.74) is 0.242. The Morgan fingerprint density at radius 2 is 2.24 bits per heavy atom. The van der Waals surface area contributed by atoms with Crippen LogP contribution in [0.4, 0.5) is 10.6 Å². The Hall–Kier alpha value is -1.69. The number of carbonyl (C=O) groups is 1. The van der Waals surface area contributed by atoms with Gasteiger partial charge in [0.1, 0.15) is 0 Å². The number of nitrogens with one attached hydrogen (secondary N) is 1. The van der Waals surface area contributed by atoms with Crippen molar-refractivity contribution in [1.82, 2.24) is 15.1 Å². The van der Waals surface area contributed by atoms with E-state index in [1.54, 1.807) is 18.3 Å². The van der Waals surface area contributed by atoms with E-state index < -0.39 is 0 Å². The van der Waals surface area contributed by atoms with Gasteiger partial charge in [0, 0.05) is 37.4 Å². The second kappa shape index (κ2) is 5.60. The van der Waals surface area contributed by atoms with Crippen LogP contribution in [0.25, 0.3) is 0 Å². The van der Waals surface area contributed by atoms with Crippen molar-refractivity contribution in [2.24, 2.45) is 11.3 Å². The Labute approximate surface area is 124 Å². The van der Waals surface area contributed by atoms with Crippen LogP contribution in [-0.2, 0) is 4.74 Å². The zero-order chi connectivity index (χ0) is 14.9. The summed E-state index contributed by atoms with van der Waals surface area (Å²) in [6, 6.07) is 3.71. The van der Waals surface area contributed by atoms with Gasteiger partial charge in [-0.2, -0.15) is 5.10 Å². The number of ether oxygens (including phenoxy) is 1. The molecule has 2 aliphatic rings. The molecule has 0 bridgehead atoms. The molecule has 0 radical (unpaired) electrons. The van der Waals surface area contributed by atoms with Gasteiger partial charge in [-0.3, -0.25) is 5.32 Å². The van der Waals surface area contributed by atoms with E-state index in [0.717, 1.165) is 32.6 Å². The number of hydrogen-bond acceptors (Lipinski definition) is 4. The maximum absolute atomic E-state index is 12.5. The van der Waals surface area contributed by atoms with Crippen LogP contribution >= 0.6 is 0 Å².